The Balaban J connectivity index is 2.69. The summed E-state index contributed by atoms with van der Waals surface area (Å²) in [6, 6.07) is 1.36. The lowest BCUT2D eigenvalue weighted by Gasteiger charge is -1.98. The van der Waals surface area contributed by atoms with Crippen molar-refractivity contribution >= 4 is 11.8 Å². The predicted octanol–water partition coefficient (Wildman–Crippen LogP) is 0.663. The van der Waals surface area contributed by atoms with Crippen LogP contribution in [0.3, 0.4) is 0 Å². The van der Waals surface area contributed by atoms with Crippen molar-refractivity contribution in [1.82, 2.24) is 9.78 Å². The lowest BCUT2D eigenvalue weighted by atomic mass is 10.4. The van der Waals surface area contributed by atoms with Crippen LogP contribution in [0.2, 0.25) is 0 Å². The summed E-state index contributed by atoms with van der Waals surface area (Å²) in [5.41, 5.74) is 0.644. The number of ether oxygens (including phenoxy) is 1. The normalized spacial score (nSPS) is 10.0. The predicted molar refractivity (Wildman–Crippen MR) is 50.3 cm³/mol. The number of methoxy groups -OCH3 is 1. The number of hydrogen-bond acceptors (Lipinski definition) is 5. The Labute approximate surface area is 85.8 Å². The number of carbonyl (C=O) groups is 1. The minimum absolute atomic E-state index is 0.149. The third-order valence-electron chi connectivity index (χ3n) is 1.91. The first kappa shape index (κ1) is 11.2. The van der Waals surface area contributed by atoms with Gasteiger partial charge in [0.2, 0.25) is 0 Å². The Bertz CT molecular complexity index is 385. The maximum absolute atomic E-state index is 10.8. The number of rotatable bonds is 4. The van der Waals surface area contributed by atoms with Crippen molar-refractivity contribution in [3.05, 3.63) is 21.9 Å². The van der Waals surface area contributed by atoms with E-state index in [1.54, 1.807) is 6.92 Å². The average molecular weight is 213 g/mol. The van der Waals surface area contributed by atoms with Crippen molar-refractivity contribution in [2.45, 2.75) is 19.9 Å². The van der Waals surface area contributed by atoms with Crippen LogP contribution >= 0.6 is 0 Å². The fraction of sp³-hybridized carbons (Fsp3) is 0.500. The zero-order chi connectivity index (χ0) is 11.4. The zero-order valence-electron chi connectivity index (χ0n) is 8.47. The molecule has 0 aliphatic rings. The van der Waals surface area contributed by atoms with Gasteiger partial charge in [-0.1, -0.05) is 0 Å². The van der Waals surface area contributed by atoms with E-state index in [-0.39, 0.29) is 24.8 Å². The average Bonchev–Trinajstić information content (AvgIpc) is 2.56. The fourth-order valence-corrected chi connectivity index (χ4v) is 1.11. The second-order valence-corrected chi connectivity index (χ2v) is 2.95. The molecule has 0 fully saturated rings. The molecule has 7 heteroatoms. The van der Waals surface area contributed by atoms with Gasteiger partial charge in [-0.25, -0.2) is 0 Å². The topological polar surface area (TPSA) is 87.3 Å². The highest BCUT2D eigenvalue weighted by atomic mass is 16.6. The molecular formula is C8H11N3O4. The molecule has 1 aromatic rings. The van der Waals surface area contributed by atoms with Crippen LogP contribution in [-0.4, -0.2) is 27.8 Å². The van der Waals surface area contributed by atoms with Gasteiger partial charge < -0.3 is 14.9 Å². The van der Waals surface area contributed by atoms with Crippen LogP contribution in [0.4, 0.5) is 5.82 Å². The molecule has 0 saturated heterocycles. The molecule has 0 saturated carbocycles. The van der Waals surface area contributed by atoms with Crippen molar-refractivity contribution in [3.8, 4) is 0 Å². The van der Waals surface area contributed by atoms with Crippen LogP contribution < -0.4 is 0 Å². The van der Waals surface area contributed by atoms with Gasteiger partial charge in [-0.2, -0.15) is 4.68 Å². The Hall–Kier alpha value is -1.92. The van der Waals surface area contributed by atoms with Gasteiger partial charge in [-0.15, -0.1) is 0 Å². The van der Waals surface area contributed by atoms with Crippen LogP contribution in [0, 0.1) is 17.0 Å². The number of aromatic nitrogens is 2. The summed E-state index contributed by atoms with van der Waals surface area (Å²) in [6.45, 7) is 1.98. The summed E-state index contributed by atoms with van der Waals surface area (Å²) in [6.07, 6.45) is 0.149. The highest BCUT2D eigenvalue weighted by molar-refractivity contribution is 5.68. The van der Waals surface area contributed by atoms with E-state index in [4.69, 9.17) is 0 Å². The number of aryl methyl sites for hydroxylation is 2. The molecule has 0 amide bonds. The summed E-state index contributed by atoms with van der Waals surface area (Å²) in [7, 11) is 1.29. The second-order valence-electron chi connectivity index (χ2n) is 2.95. The quantitative estimate of drug-likeness (QED) is 0.416. The Kier molecular flexibility index (Phi) is 3.37. The van der Waals surface area contributed by atoms with E-state index in [2.05, 4.69) is 9.84 Å². The maximum atomic E-state index is 10.8. The van der Waals surface area contributed by atoms with Gasteiger partial charge in [0, 0.05) is 0 Å². The van der Waals surface area contributed by atoms with Crippen LogP contribution in [-0.2, 0) is 16.1 Å². The van der Waals surface area contributed by atoms with E-state index in [1.807, 2.05) is 0 Å². The molecular weight excluding hydrogens is 202 g/mol. The van der Waals surface area contributed by atoms with Gasteiger partial charge in [0.1, 0.15) is 0 Å². The minimum atomic E-state index is -0.568. The van der Waals surface area contributed by atoms with Gasteiger partial charge >= 0.3 is 11.8 Å². The number of esters is 1. The zero-order valence-corrected chi connectivity index (χ0v) is 8.47. The van der Waals surface area contributed by atoms with E-state index in [1.165, 1.54) is 17.9 Å². The molecule has 15 heavy (non-hydrogen) atoms. The van der Waals surface area contributed by atoms with Crippen LogP contribution in [0.25, 0.3) is 0 Å². The Morgan fingerprint density at radius 1 is 1.73 bits per heavy atom. The highest BCUT2D eigenvalue weighted by Crippen LogP contribution is 2.11. The molecule has 1 rings (SSSR count). The van der Waals surface area contributed by atoms with Crippen LogP contribution in [0.1, 0.15) is 12.1 Å². The summed E-state index contributed by atoms with van der Waals surface area (Å²) in [4.78, 5) is 20.7. The summed E-state index contributed by atoms with van der Waals surface area (Å²) >= 11 is 0. The van der Waals surface area contributed by atoms with E-state index >= 15 is 0 Å². The van der Waals surface area contributed by atoms with Gasteiger partial charge in [0.05, 0.1) is 36.9 Å². The van der Waals surface area contributed by atoms with Crippen molar-refractivity contribution in [1.29, 1.82) is 0 Å². The standard InChI is InChI=1S/C8H11N3O4/c1-6-5-7(11(13)14)9-10(6)4-3-8(12)15-2/h5H,3-4H2,1-2H3. The smallest absolute Gasteiger partial charge is 0.390 e. The fourth-order valence-electron chi connectivity index (χ4n) is 1.11. The molecule has 7 nitrogen and oxygen atoms in total. The lowest BCUT2D eigenvalue weighted by Crippen LogP contribution is -2.09. The Morgan fingerprint density at radius 2 is 2.40 bits per heavy atom. The maximum Gasteiger partial charge on any atom is 0.390 e. The molecule has 0 aliphatic heterocycles. The molecule has 0 atom stereocenters. The molecule has 1 heterocycles. The first-order chi connectivity index (χ1) is 7.04. The van der Waals surface area contributed by atoms with Crippen LogP contribution in [0.5, 0.6) is 0 Å². The Morgan fingerprint density at radius 3 is 2.87 bits per heavy atom. The van der Waals surface area contributed by atoms with E-state index in [0.29, 0.717) is 5.69 Å². The number of carbonyl (C=O) groups excluding carboxylic acids is 1. The van der Waals surface area contributed by atoms with Gasteiger partial charge in [-0.3, -0.25) is 4.79 Å². The number of nitrogens with zero attached hydrogens (tertiary/aromatic N) is 3. The minimum Gasteiger partial charge on any atom is -0.469 e. The molecule has 0 spiro atoms. The molecule has 0 N–H and O–H groups in total. The van der Waals surface area contributed by atoms with E-state index < -0.39 is 4.92 Å². The molecule has 0 aliphatic carbocycles. The van der Waals surface area contributed by atoms with Gasteiger partial charge in [0.25, 0.3) is 0 Å². The summed E-state index contributed by atoms with van der Waals surface area (Å²) < 4.78 is 5.86. The largest absolute Gasteiger partial charge is 0.469 e. The van der Waals surface area contributed by atoms with Crippen molar-refractivity contribution in [3.63, 3.8) is 0 Å². The summed E-state index contributed by atoms with van der Waals surface area (Å²) in [5, 5.41) is 14.1. The third-order valence-corrected chi connectivity index (χ3v) is 1.91. The molecule has 0 aromatic carbocycles. The SMILES string of the molecule is COC(=O)CCn1nc([N+](=O)[O-])cc1C. The second kappa shape index (κ2) is 4.54. The van der Waals surface area contributed by atoms with Crippen molar-refractivity contribution in [2.75, 3.05) is 7.11 Å². The summed E-state index contributed by atoms with van der Waals surface area (Å²) in [5.74, 6) is -0.579. The number of hydrogen-bond donors (Lipinski definition) is 0. The van der Waals surface area contributed by atoms with E-state index in [9.17, 15) is 14.9 Å². The molecule has 0 bridgehead atoms. The lowest BCUT2D eigenvalue weighted by molar-refractivity contribution is -0.389. The first-order valence-electron chi connectivity index (χ1n) is 4.30. The molecule has 82 valence electrons. The van der Waals surface area contributed by atoms with Crippen LogP contribution in [0.15, 0.2) is 6.07 Å². The molecule has 0 radical (unpaired) electrons. The third kappa shape index (κ3) is 2.76. The molecule has 1 aromatic heterocycles. The van der Waals surface area contributed by atoms with Crippen molar-refractivity contribution < 1.29 is 14.5 Å². The van der Waals surface area contributed by atoms with Gasteiger partial charge in [0.15, 0.2) is 0 Å². The van der Waals surface area contributed by atoms with Crippen molar-refractivity contribution in [2.24, 2.45) is 0 Å². The monoisotopic (exact) mass is 213 g/mol. The highest BCUT2D eigenvalue weighted by Gasteiger charge is 2.15. The van der Waals surface area contributed by atoms with Gasteiger partial charge in [-0.05, 0) is 11.8 Å². The number of nitro groups is 1. The van der Waals surface area contributed by atoms with E-state index in [0.717, 1.165) is 0 Å². The first-order valence-corrected chi connectivity index (χ1v) is 4.30. The molecule has 0 unspecified atom stereocenters.